The van der Waals surface area contributed by atoms with Gasteiger partial charge in [0.1, 0.15) is 0 Å². The van der Waals surface area contributed by atoms with E-state index in [2.05, 4.69) is 5.32 Å². The standard InChI is InChI=1S/C7H12N/c1-2-4-7-6(3-1)5-8-7/h6-7H,1-5H2. The Morgan fingerprint density at radius 1 is 1.12 bits per heavy atom. The van der Waals surface area contributed by atoms with Crippen molar-refractivity contribution in [1.29, 1.82) is 0 Å². The Bertz CT molecular complexity index is 78.4. The molecule has 0 amide bonds. The predicted octanol–water partition coefficient (Wildman–Crippen LogP) is 1.16. The Morgan fingerprint density at radius 3 is 2.38 bits per heavy atom. The Balaban J connectivity index is 1.92. The number of nitrogens with zero attached hydrogens (tertiary/aromatic N) is 1. The van der Waals surface area contributed by atoms with Gasteiger partial charge in [-0.2, -0.15) is 0 Å². The van der Waals surface area contributed by atoms with E-state index in [1.165, 1.54) is 32.2 Å². The highest BCUT2D eigenvalue weighted by Gasteiger charge is 2.33. The van der Waals surface area contributed by atoms with Crippen LogP contribution in [-0.2, 0) is 0 Å². The quantitative estimate of drug-likeness (QED) is 0.444. The average Bonchev–Trinajstić information content (AvgIpc) is 1.72. The molecule has 2 fully saturated rings. The van der Waals surface area contributed by atoms with Crippen LogP contribution in [0.2, 0.25) is 0 Å². The molecule has 1 saturated carbocycles. The van der Waals surface area contributed by atoms with Gasteiger partial charge in [-0.1, -0.05) is 12.8 Å². The highest BCUT2D eigenvalue weighted by molar-refractivity contribution is 4.89. The minimum absolute atomic E-state index is 0.809. The summed E-state index contributed by atoms with van der Waals surface area (Å²) in [6.45, 7) is 1.19. The lowest BCUT2D eigenvalue weighted by Gasteiger charge is -2.39. The molecule has 0 aromatic heterocycles. The summed E-state index contributed by atoms with van der Waals surface area (Å²) < 4.78 is 0. The number of fused-ring (bicyclic) bond motifs is 1. The third-order valence-corrected chi connectivity index (χ3v) is 2.44. The predicted molar refractivity (Wildman–Crippen MR) is 32.7 cm³/mol. The first-order chi connectivity index (χ1) is 3.97. The van der Waals surface area contributed by atoms with Gasteiger partial charge in [0.15, 0.2) is 0 Å². The van der Waals surface area contributed by atoms with Crippen molar-refractivity contribution in [2.45, 2.75) is 31.7 Å². The summed E-state index contributed by atoms with van der Waals surface area (Å²) >= 11 is 0. The molecule has 1 aliphatic heterocycles. The highest BCUT2D eigenvalue weighted by atomic mass is 15.0. The monoisotopic (exact) mass is 110 g/mol. The van der Waals surface area contributed by atoms with E-state index in [9.17, 15) is 0 Å². The maximum atomic E-state index is 4.39. The third-order valence-electron chi connectivity index (χ3n) is 2.44. The van der Waals surface area contributed by atoms with E-state index in [-0.39, 0.29) is 0 Å². The van der Waals surface area contributed by atoms with Gasteiger partial charge in [-0.05, 0) is 18.8 Å². The molecule has 8 heavy (non-hydrogen) atoms. The smallest absolute Gasteiger partial charge is 0.0287 e. The van der Waals surface area contributed by atoms with Crippen molar-refractivity contribution >= 4 is 0 Å². The Morgan fingerprint density at radius 2 is 2.00 bits per heavy atom. The molecule has 1 aliphatic carbocycles. The zero-order chi connectivity index (χ0) is 5.40. The fourth-order valence-electron chi connectivity index (χ4n) is 1.77. The first kappa shape index (κ1) is 4.80. The van der Waals surface area contributed by atoms with E-state index in [0.717, 1.165) is 12.0 Å². The molecule has 0 aromatic carbocycles. The summed E-state index contributed by atoms with van der Waals surface area (Å²) in [6, 6.07) is 0.809. The van der Waals surface area contributed by atoms with Gasteiger partial charge in [0.05, 0.1) is 0 Å². The fourth-order valence-corrected chi connectivity index (χ4v) is 1.77. The first-order valence-corrected chi connectivity index (χ1v) is 3.63. The van der Waals surface area contributed by atoms with Crippen molar-refractivity contribution in [2.24, 2.45) is 5.92 Å². The maximum absolute atomic E-state index is 4.39. The van der Waals surface area contributed by atoms with Gasteiger partial charge in [-0.15, -0.1) is 0 Å². The van der Waals surface area contributed by atoms with Crippen LogP contribution < -0.4 is 5.32 Å². The molecule has 2 rings (SSSR count). The largest absolute Gasteiger partial charge is 0.238 e. The van der Waals surface area contributed by atoms with Crippen LogP contribution in [0.5, 0.6) is 0 Å². The normalized spacial score (nSPS) is 45.0. The Hall–Kier alpha value is -0.0400. The van der Waals surface area contributed by atoms with E-state index in [1.54, 1.807) is 0 Å². The van der Waals surface area contributed by atoms with E-state index in [1.807, 2.05) is 0 Å². The van der Waals surface area contributed by atoms with Gasteiger partial charge >= 0.3 is 0 Å². The molecule has 1 saturated heterocycles. The minimum atomic E-state index is 0.809. The third kappa shape index (κ3) is 0.576. The van der Waals surface area contributed by atoms with Gasteiger partial charge in [0.25, 0.3) is 0 Å². The van der Waals surface area contributed by atoms with Crippen molar-refractivity contribution < 1.29 is 0 Å². The molecule has 1 heterocycles. The summed E-state index contributed by atoms with van der Waals surface area (Å²) in [5.74, 6) is 1.02. The molecular weight excluding hydrogens is 98.1 g/mol. The van der Waals surface area contributed by atoms with Gasteiger partial charge < -0.3 is 0 Å². The summed E-state index contributed by atoms with van der Waals surface area (Å²) in [5.41, 5.74) is 0. The van der Waals surface area contributed by atoms with Crippen molar-refractivity contribution in [3.63, 3.8) is 0 Å². The molecular formula is C7H12N. The molecule has 0 spiro atoms. The molecule has 45 valence electrons. The molecule has 0 bridgehead atoms. The average molecular weight is 110 g/mol. The van der Waals surface area contributed by atoms with Gasteiger partial charge in [-0.25, -0.2) is 5.32 Å². The summed E-state index contributed by atoms with van der Waals surface area (Å²) in [4.78, 5) is 0. The van der Waals surface area contributed by atoms with E-state index in [0.29, 0.717) is 0 Å². The van der Waals surface area contributed by atoms with Crippen LogP contribution >= 0.6 is 0 Å². The Labute approximate surface area is 50.5 Å². The molecule has 1 nitrogen and oxygen atoms in total. The minimum Gasteiger partial charge on any atom is -0.238 e. The first-order valence-electron chi connectivity index (χ1n) is 3.63. The van der Waals surface area contributed by atoms with Crippen LogP contribution in [0.4, 0.5) is 0 Å². The van der Waals surface area contributed by atoms with Crippen LogP contribution in [0.1, 0.15) is 25.7 Å². The van der Waals surface area contributed by atoms with Crippen LogP contribution in [0.3, 0.4) is 0 Å². The summed E-state index contributed by atoms with van der Waals surface area (Å²) in [5, 5.41) is 4.39. The maximum Gasteiger partial charge on any atom is 0.0287 e. The SMILES string of the molecule is C1CCC2[N]CC2C1. The van der Waals surface area contributed by atoms with Crippen molar-refractivity contribution in [3.05, 3.63) is 0 Å². The molecule has 2 unspecified atom stereocenters. The van der Waals surface area contributed by atoms with Crippen molar-refractivity contribution in [3.8, 4) is 0 Å². The number of rotatable bonds is 0. The van der Waals surface area contributed by atoms with Crippen LogP contribution in [-0.4, -0.2) is 12.6 Å². The number of hydrogen-bond acceptors (Lipinski definition) is 0. The lowest BCUT2D eigenvalue weighted by molar-refractivity contribution is 0.160. The molecule has 0 N–H and O–H groups in total. The van der Waals surface area contributed by atoms with E-state index < -0.39 is 0 Å². The lowest BCUT2D eigenvalue weighted by atomic mass is 9.79. The van der Waals surface area contributed by atoms with Crippen LogP contribution in [0, 0.1) is 5.92 Å². The summed E-state index contributed by atoms with van der Waals surface area (Å²) in [6.07, 6.45) is 5.76. The second-order valence-corrected chi connectivity index (χ2v) is 2.98. The topological polar surface area (TPSA) is 14.1 Å². The lowest BCUT2D eigenvalue weighted by Crippen LogP contribution is -2.48. The highest BCUT2D eigenvalue weighted by Crippen LogP contribution is 2.30. The Kier molecular flexibility index (Phi) is 1.04. The fraction of sp³-hybridized carbons (Fsp3) is 1.00. The van der Waals surface area contributed by atoms with Gasteiger partial charge in [0, 0.05) is 12.6 Å². The zero-order valence-corrected chi connectivity index (χ0v) is 5.14. The van der Waals surface area contributed by atoms with Crippen molar-refractivity contribution in [1.82, 2.24) is 5.32 Å². The molecule has 1 heteroatoms. The van der Waals surface area contributed by atoms with E-state index in [4.69, 9.17) is 0 Å². The molecule has 2 aliphatic rings. The molecule has 0 aromatic rings. The van der Waals surface area contributed by atoms with Crippen molar-refractivity contribution in [2.75, 3.05) is 6.54 Å². The second kappa shape index (κ2) is 1.73. The van der Waals surface area contributed by atoms with Crippen LogP contribution in [0.25, 0.3) is 0 Å². The van der Waals surface area contributed by atoms with Gasteiger partial charge in [-0.3, -0.25) is 0 Å². The number of hydrogen-bond donors (Lipinski definition) is 0. The molecule has 1 radical (unpaired) electrons. The summed E-state index contributed by atoms with van der Waals surface area (Å²) in [7, 11) is 0. The van der Waals surface area contributed by atoms with Crippen LogP contribution in [0.15, 0.2) is 0 Å². The van der Waals surface area contributed by atoms with E-state index >= 15 is 0 Å². The van der Waals surface area contributed by atoms with Gasteiger partial charge in [0.2, 0.25) is 0 Å². The zero-order valence-electron chi connectivity index (χ0n) is 5.14. The molecule has 2 atom stereocenters. The second-order valence-electron chi connectivity index (χ2n) is 2.98.